The molecule has 1 fully saturated rings. The van der Waals surface area contributed by atoms with Crippen LogP contribution in [0.4, 0.5) is 10.1 Å². The Kier molecular flexibility index (Phi) is 7.23. The van der Waals surface area contributed by atoms with Crippen LogP contribution in [0.25, 0.3) is 0 Å². The fraction of sp³-hybridized carbons (Fsp3) is 0.364. The van der Waals surface area contributed by atoms with E-state index < -0.39 is 5.97 Å². The molecule has 0 radical (unpaired) electrons. The van der Waals surface area contributed by atoms with Gasteiger partial charge in [-0.25, -0.2) is 9.18 Å². The molecule has 154 valence electrons. The van der Waals surface area contributed by atoms with E-state index in [0.29, 0.717) is 5.69 Å². The van der Waals surface area contributed by atoms with E-state index in [4.69, 9.17) is 16.3 Å². The van der Waals surface area contributed by atoms with Gasteiger partial charge in [-0.3, -0.25) is 9.69 Å². The van der Waals surface area contributed by atoms with Crippen LogP contribution in [-0.2, 0) is 16.1 Å². The zero-order valence-corrected chi connectivity index (χ0v) is 17.0. The van der Waals surface area contributed by atoms with Crippen molar-refractivity contribution < 1.29 is 18.7 Å². The van der Waals surface area contributed by atoms with Gasteiger partial charge in [0, 0.05) is 18.2 Å². The molecule has 1 saturated heterocycles. The maximum absolute atomic E-state index is 13.0. The second-order valence-corrected chi connectivity index (χ2v) is 7.49. The minimum atomic E-state index is -0.482. The van der Waals surface area contributed by atoms with Crippen LogP contribution in [-0.4, -0.2) is 36.5 Å². The summed E-state index contributed by atoms with van der Waals surface area (Å²) in [6.07, 6.45) is 1.50. The van der Waals surface area contributed by atoms with Gasteiger partial charge in [-0.15, -0.1) is 0 Å². The van der Waals surface area contributed by atoms with Crippen LogP contribution >= 0.6 is 11.6 Å². The van der Waals surface area contributed by atoms with Gasteiger partial charge in [0.25, 0.3) is 0 Å². The van der Waals surface area contributed by atoms with E-state index >= 15 is 0 Å². The van der Waals surface area contributed by atoms with Crippen molar-refractivity contribution in [3.63, 3.8) is 0 Å². The minimum Gasteiger partial charge on any atom is -0.462 e. The van der Waals surface area contributed by atoms with Crippen LogP contribution in [0.1, 0.15) is 35.7 Å². The normalized spacial score (nSPS) is 15.1. The van der Waals surface area contributed by atoms with Crippen LogP contribution in [0.5, 0.6) is 0 Å². The van der Waals surface area contributed by atoms with Crippen molar-refractivity contribution in [3.05, 3.63) is 64.4 Å². The maximum Gasteiger partial charge on any atom is 0.339 e. The average molecular weight is 419 g/mol. The van der Waals surface area contributed by atoms with E-state index in [0.717, 1.165) is 38.0 Å². The van der Waals surface area contributed by atoms with Gasteiger partial charge in [-0.05, 0) is 68.8 Å². The maximum atomic E-state index is 13.0. The lowest BCUT2D eigenvalue weighted by Crippen LogP contribution is -2.37. The predicted molar refractivity (Wildman–Crippen MR) is 110 cm³/mol. The van der Waals surface area contributed by atoms with Crippen molar-refractivity contribution in [2.75, 3.05) is 25.0 Å². The second-order valence-electron chi connectivity index (χ2n) is 7.08. The molecule has 2 aromatic carbocycles. The van der Waals surface area contributed by atoms with Gasteiger partial charge in [0.15, 0.2) is 0 Å². The molecule has 29 heavy (non-hydrogen) atoms. The van der Waals surface area contributed by atoms with E-state index in [1.165, 1.54) is 12.1 Å². The van der Waals surface area contributed by atoms with E-state index in [1.54, 1.807) is 37.3 Å². The fourth-order valence-electron chi connectivity index (χ4n) is 3.41. The number of esters is 1. The minimum absolute atomic E-state index is 0.0496. The summed E-state index contributed by atoms with van der Waals surface area (Å²) in [5.41, 5.74) is 1.90. The molecule has 7 heteroatoms. The van der Waals surface area contributed by atoms with Gasteiger partial charge in [0.05, 0.1) is 17.2 Å². The number of likely N-dealkylation sites (tertiary alicyclic amines) is 1. The number of benzene rings is 2. The first-order valence-corrected chi connectivity index (χ1v) is 10.1. The molecule has 3 rings (SSSR count). The zero-order valence-electron chi connectivity index (χ0n) is 16.3. The summed E-state index contributed by atoms with van der Waals surface area (Å²) in [6.45, 7) is 4.36. The SMILES string of the molecule is CCOC(=O)c1ccc(NC(=O)C2CCN(Cc3ccc(F)cc3)CC2)cc1Cl. The topological polar surface area (TPSA) is 58.6 Å². The summed E-state index contributed by atoms with van der Waals surface area (Å²) in [6, 6.07) is 11.3. The number of anilines is 1. The van der Waals surface area contributed by atoms with Crippen molar-refractivity contribution in [2.45, 2.75) is 26.3 Å². The number of nitrogens with zero attached hydrogens (tertiary/aromatic N) is 1. The lowest BCUT2D eigenvalue weighted by Gasteiger charge is -2.31. The van der Waals surface area contributed by atoms with Crippen molar-refractivity contribution in [1.29, 1.82) is 0 Å². The molecule has 0 aromatic heterocycles. The molecule has 0 bridgehead atoms. The summed E-state index contributed by atoms with van der Waals surface area (Å²) in [5, 5.41) is 3.13. The van der Waals surface area contributed by atoms with Gasteiger partial charge in [-0.2, -0.15) is 0 Å². The molecular weight excluding hydrogens is 395 g/mol. The molecule has 0 spiro atoms. The van der Waals surface area contributed by atoms with E-state index in [1.807, 2.05) is 0 Å². The Morgan fingerprint density at radius 1 is 1.17 bits per heavy atom. The quantitative estimate of drug-likeness (QED) is 0.701. The number of carbonyl (C=O) groups is 2. The highest BCUT2D eigenvalue weighted by Gasteiger charge is 2.25. The largest absolute Gasteiger partial charge is 0.462 e. The Morgan fingerprint density at radius 2 is 1.86 bits per heavy atom. The van der Waals surface area contributed by atoms with Crippen molar-refractivity contribution in [1.82, 2.24) is 4.90 Å². The molecule has 0 unspecified atom stereocenters. The van der Waals surface area contributed by atoms with E-state index in [-0.39, 0.29) is 34.8 Å². The molecule has 1 N–H and O–H groups in total. The molecule has 1 amide bonds. The first-order valence-electron chi connectivity index (χ1n) is 9.70. The fourth-order valence-corrected chi connectivity index (χ4v) is 3.67. The number of rotatable bonds is 6. The highest BCUT2D eigenvalue weighted by Crippen LogP contribution is 2.24. The summed E-state index contributed by atoms with van der Waals surface area (Å²) in [4.78, 5) is 26.7. The Labute approximate surface area is 174 Å². The Morgan fingerprint density at radius 3 is 2.48 bits per heavy atom. The first-order chi connectivity index (χ1) is 14.0. The lowest BCUT2D eigenvalue weighted by atomic mass is 9.95. The van der Waals surface area contributed by atoms with Crippen molar-refractivity contribution >= 4 is 29.2 Å². The molecule has 2 aromatic rings. The lowest BCUT2D eigenvalue weighted by molar-refractivity contribution is -0.121. The number of hydrogen-bond acceptors (Lipinski definition) is 4. The van der Waals surface area contributed by atoms with Crippen molar-refractivity contribution in [2.24, 2.45) is 5.92 Å². The average Bonchev–Trinajstić information content (AvgIpc) is 2.70. The third-order valence-corrected chi connectivity index (χ3v) is 5.32. The third kappa shape index (κ3) is 5.78. The number of halogens is 2. The molecule has 1 aliphatic heterocycles. The predicted octanol–water partition coefficient (Wildman–Crippen LogP) is 4.51. The molecule has 0 atom stereocenters. The van der Waals surface area contributed by atoms with Crippen LogP contribution in [0.15, 0.2) is 42.5 Å². The van der Waals surface area contributed by atoms with Crippen LogP contribution in [0.2, 0.25) is 5.02 Å². The van der Waals surface area contributed by atoms with Gasteiger partial charge in [0.2, 0.25) is 5.91 Å². The number of nitrogens with one attached hydrogen (secondary N) is 1. The summed E-state index contributed by atoms with van der Waals surface area (Å²) in [5.74, 6) is -0.849. The number of ether oxygens (including phenoxy) is 1. The Hall–Kier alpha value is -2.44. The molecule has 1 aliphatic rings. The molecular formula is C22H24ClFN2O3. The molecule has 5 nitrogen and oxygen atoms in total. The summed E-state index contributed by atoms with van der Waals surface area (Å²) in [7, 11) is 0. The number of amides is 1. The number of carbonyl (C=O) groups excluding carboxylic acids is 2. The number of piperidine rings is 1. The molecule has 0 aliphatic carbocycles. The van der Waals surface area contributed by atoms with Gasteiger partial charge < -0.3 is 10.1 Å². The van der Waals surface area contributed by atoms with Crippen molar-refractivity contribution in [3.8, 4) is 0 Å². The van der Waals surface area contributed by atoms with Gasteiger partial charge in [0.1, 0.15) is 5.82 Å². The van der Waals surface area contributed by atoms with E-state index in [9.17, 15) is 14.0 Å². The second kappa shape index (κ2) is 9.85. The Balaban J connectivity index is 1.51. The van der Waals surface area contributed by atoms with Crippen LogP contribution in [0, 0.1) is 11.7 Å². The standard InChI is InChI=1S/C22H24ClFN2O3/c1-2-29-22(28)19-8-7-18(13-20(19)23)25-21(27)16-9-11-26(12-10-16)14-15-3-5-17(24)6-4-15/h3-8,13,16H,2,9-12,14H2,1H3,(H,25,27). The van der Waals surface area contributed by atoms with E-state index in [2.05, 4.69) is 10.2 Å². The van der Waals surface area contributed by atoms with Gasteiger partial charge in [-0.1, -0.05) is 23.7 Å². The molecule has 0 saturated carbocycles. The highest BCUT2D eigenvalue weighted by atomic mass is 35.5. The van der Waals surface area contributed by atoms with Crippen LogP contribution < -0.4 is 5.32 Å². The summed E-state index contributed by atoms with van der Waals surface area (Å²) < 4.78 is 18.0. The zero-order chi connectivity index (χ0) is 20.8. The highest BCUT2D eigenvalue weighted by molar-refractivity contribution is 6.34. The smallest absolute Gasteiger partial charge is 0.339 e. The van der Waals surface area contributed by atoms with Gasteiger partial charge >= 0.3 is 5.97 Å². The summed E-state index contributed by atoms with van der Waals surface area (Å²) >= 11 is 6.15. The monoisotopic (exact) mass is 418 g/mol. The first kappa shape index (κ1) is 21.3. The Bertz CT molecular complexity index is 865. The third-order valence-electron chi connectivity index (χ3n) is 5.01. The number of hydrogen-bond donors (Lipinski definition) is 1. The van der Waals surface area contributed by atoms with Crippen LogP contribution in [0.3, 0.4) is 0 Å². The molecule has 1 heterocycles.